The van der Waals surface area contributed by atoms with Crippen LogP contribution < -0.4 is 25.8 Å². The minimum Gasteiger partial charge on any atom is -0.488 e. The van der Waals surface area contributed by atoms with Gasteiger partial charge in [-0.1, -0.05) is 18.2 Å². The fourth-order valence-electron chi connectivity index (χ4n) is 4.87. The summed E-state index contributed by atoms with van der Waals surface area (Å²) in [7, 11) is 0. The van der Waals surface area contributed by atoms with Crippen molar-refractivity contribution < 1.29 is 28.2 Å². The largest absolute Gasteiger partial charge is 0.488 e. The maximum Gasteiger partial charge on any atom is 0.251 e. The average Bonchev–Trinajstić information content (AvgIpc) is 3.70. The molecule has 1 fully saturated rings. The third-order valence-corrected chi connectivity index (χ3v) is 8.33. The SMILES string of the molecule is CC(NC(=O)[C@@H]1C[C@@H](Oc2ccccc2)CN1C(=O)CNC(=O)c1ccc(Oc2ccc(F)cc2)cc1)c1cc(C(=N)N)cs1. The highest BCUT2D eigenvalue weighted by molar-refractivity contribution is 7.10. The maximum absolute atomic E-state index is 13.5. The highest BCUT2D eigenvalue weighted by atomic mass is 32.1. The van der Waals surface area contributed by atoms with Gasteiger partial charge in [0.1, 0.15) is 41.0 Å². The molecule has 1 aliphatic rings. The predicted octanol–water partition coefficient (Wildman–Crippen LogP) is 4.62. The highest BCUT2D eigenvalue weighted by Crippen LogP contribution is 2.26. The van der Waals surface area contributed by atoms with Gasteiger partial charge in [0.15, 0.2) is 0 Å². The number of nitrogen functional groups attached to an aromatic ring is 1. The van der Waals surface area contributed by atoms with E-state index in [1.165, 1.54) is 40.5 Å². The third-order valence-electron chi connectivity index (χ3n) is 7.21. The number of para-hydroxylation sites is 1. The van der Waals surface area contributed by atoms with E-state index in [2.05, 4.69) is 10.6 Å². The molecule has 1 aliphatic heterocycles. The molecule has 0 radical (unpaired) electrons. The van der Waals surface area contributed by atoms with Gasteiger partial charge in [0.05, 0.1) is 19.1 Å². The van der Waals surface area contributed by atoms with Crippen molar-refractivity contribution in [3.05, 3.63) is 112 Å². The van der Waals surface area contributed by atoms with Crippen LogP contribution in [-0.2, 0) is 9.59 Å². The fraction of sp³-hybridized carbons (Fsp3) is 0.212. The summed E-state index contributed by atoms with van der Waals surface area (Å²) in [6.07, 6.45) is -0.163. The maximum atomic E-state index is 13.5. The normalized spacial score (nSPS) is 16.4. The number of carbonyl (C=O) groups is 3. The number of nitrogens with one attached hydrogen (secondary N) is 3. The lowest BCUT2D eigenvalue weighted by Gasteiger charge is -2.25. The van der Waals surface area contributed by atoms with Crippen LogP contribution in [0.5, 0.6) is 17.2 Å². The van der Waals surface area contributed by atoms with E-state index in [1.807, 2.05) is 25.1 Å². The Kier molecular flexibility index (Phi) is 9.73. The lowest BCUT2D eigenvalue weighted by atomic mass is 10.1. The lowest BCUT2D eigenvalue weighted by molar-refractivity contribution is -0.138. The molecule has 4 aromatic rings. The van der Waals surface area contributed by atoms with Gasteiger partial charge in [-0.3, -0.25) is 19.8 Å². The Bertz CT molecular complexity index is 1660. The fourth-order valence-corrected chi connectivity index (χ4v) is 5.79. The number of likely N-dealkylation sites (tertiary alicyclic amines) is 1. The molecule has 0 spiro atoms. The van der Waals surface area contributed by atoms with Crippen LogP contribution in [0, 0.1) is 11.2 Å². The Morgan fingerprint density at radius 3 is 2.31 bits per heavy atom. The van der Waals surface area contributed by atoms with Gasteiger partial charge in [0, 0.05) is 27.8 Å². The number of thiophene rings is 1. The van der Waals surface area contributed by atoms with Crippen LogP contribution in [0.25, 0.3) is 0 Å². The molecule has 0 aliphatic carbocycles. The standard InChI is InChI=1S/C33H32FN5O5S/c1-20(29-15-22(19-45-29)31(35)36)38-33(42)28-16-27(44-24-5-3-2-4-6-24)18-39(28)30(40)17-37-32(41)21-7-11-25(12-8-21)43-26-13-9-23(34)10-14-26/h2-15,19-20,27-28H,16-18H2,1H3,(H3,35,36)(H,37,41)(H,38,42)/t20?,27-,28+/m1/s1. The molecule has 1 unspecified atom stereocenters. The first-order valence-electron chi connectivity index (χ1n) is 14.2. The second-order valence-corrected chi connectivity index (χ2v) is 11.4. The molecule has 5 N–H and O–H groups in total. The molecule has 0 bridgehead atoms. The molecule has 3 atom stereocenters. The molecule has 2 heterocycles. The highest BCUT2D eigenvalue weighted by Gasteiger charge is 2.41. The second kappa shape index (κ2) is 14.0. The summed E-state index contributed by atoms with van der Waals surface area (Å²) < 4.78 is 24.9. The zero-order chi connectivity index (χ0) is 31.9. The number of hydrogen-bond acceptors (Lipinski definition) is 7. The van der Waals surface area contributed by atoms with Gasteiger partial charge >= 0.3 is 0 Å². The minimum atomic E-state index is -0.819. The molecular weight excluding hydrogens is 597 g/mol. The average molecular weight is 630 g/mol. The minimum absolute atomic E-state index is 0.0548. The number of benzene rings is 3. The second-order valence-electron chi connectivity index (χ2n) is 10.5. The van der Waals surface area contributed by atoms with Crippen molar-refractivity contribution in [3.8, 4) is 17.2 Å². The first kappa shape index (κ1) is 31.2. The number of nitrogens with zero attached hydrogens (tertiary/aromatic N) is 1. The number of nitrogens with two attached hydrogens (primary N) is 1. The molecule has 3 amide bonds. The molecule has 3 aromatic carbocycles. The molecule has 45 heavy (non-hydrogen) atoms. The predicted molar refractivity (Wildman–Crippen MR) is 168 cm³/mol. The van der Waals surface area contributed by atoms with E-state index in [0.29, 0.717) is 28.4 Å². The van der Waals surface area contributed by atoms with Crippen LogP contribution in [0.1, 0.15) is 40.2 Å². The zero-order valence-corrected chi connectivity index (χ0v) is 25.2. The van der Waals surface area contributed by atoms with Crippen LogP contribution in [-0.4, -0.2) is 53.7 Å². The Hall–Kier alpha value is -5.23. The van der Waals surface area contributed by atoms with Gasteiger partial charge < -0.3 is 30.7 Å². The van der Waals surface area contributed by atoms with E-state index >= 15 is 0 Å². The van der Waals surface area contributed by atoms with E-state index in [0.717, 1.165) is 4.88 Å². The summed E-state index contributed by atoms with van der Waals surface area (Å²) in [6, 6.07) is 21.6. The van der Waals surface area contributed by atoms with Crippen molar-refractivity contribution >= 4 is 34.9 Å². The summed E-state index contributed by atoms with van der Waals surface area (Å²) in [5.74, 6) is -0.150. The summed E-state index contributed by atoms with van der Waals surface area (Å²) in [5, 5.41) is 15.0. The molecule has 0 saturated carbocycles. The van der Waals surface area contributed by atoms with Crippen LogP contribution in [0.3, 0.4) is 0 Å². The van der Waals surface area contributed by atoms with Crippen molar-refractivity contribution in [2.24, 2.45) is 5.73 Å². The van der Waals surface area contributed by atoms with E-state index in [-0.39, 0.29) is 43.1 Å². The van der Waals surface area contributed by atoms with Gasteiger partial charge in [-0.2, -0.15) is 0 Å². The summed E-state index contributed by atoms with van der Waals surface area (Å²) in [5.41, 5.74) is 6.47. The molecule has 1 aromatic heterocycles. The zero-order valence-electron chi connectivity index (χ0n) is 24.4. The first-order chi connectivity index (χ1) is 21.7. The number of carbonyl (C=O) groups excluding carboxylic acids is 3. The van der Waals surface area contributed by atoms with Crippen molar-refractivity contribution in [1.29, 1.82) is 5.41 Å². The molecule has 10 nitrogen and oxygen atoms in total. The topological polar surface area (TPSA) is 147 Å². The van der Waals surface area contributed by atoms with E-state index in [9.17, 15) is 18.8 Å². The molecular formula is C33H32FN5O5S. The number of amidine groups is 1. The van der Waals surface area contributed by atoms with Crippen LogP contribution in [0.2, 0.25) is 0 Å². The van der Waals surface area contributed by atoms with E-state index < -0.39 is 24.0 Å². The van der Waals surface area contributed by atoms with Gasteiger partial charge in [0.2, 0.25) is 11.8 Å². The summed E-state index contributed by atoms with van der Waals surface area (Å²) >= 11 is 1.38. The third kappa shape index (κ3) is 8.03. The summed E-state index contributed by atoms with van der Waals surface area (Å²) in [4.78, 5) is 42.0. The lowest BCUT2D eigenvalue weighted by Crippen LogP contribution is -2.49. The van der Waals surface area contributed by atoms with Crippen molar-refractivity contribution in [1.82, 2.24) is 15.5 Å². The number of hydrogen-bond donors (Lipinski definition) is 4. The molecule has 5 rings (SSSR count). The smallest absolute Gasteiger partial charge is 0.251 e. The van der Waals surface area contributed by atoms with Gasteiger partial charge in [-0.25, -0.2) is 4.39 Å². The Labute approximate surface area is 263 Å². The number of amides is 3. The molecule has 1 saturated heterocycles. The summed E-state index contributed by atoms with van der Waals surface area (Å²) in [6.45, 7) is 1.67. The number of rotatable bonds is 11. The molecule has 12 heteroatoms. The first-order valence-corrected chi connectivity index (χ1v) is 15.1. The van der Waals surface area contributed by atoms with Crippen molar-refractivity contribution in [2.45, 2.75) is 31.5 Å². The Morgan fingerprint density at radius 2 is 1.67 bits per heavy atom. The van der Waals surface area contributed by atoms with Gasteiger partial charge in [-0.05, 0) is 73.7 Å². The van der Waals surface area contributed by atoms with Gasteiger partial charge in [0.25, 0.3) is 5.91 Å². The van der Waals surface area contributed by atoms with Crippen LogP contribution >= 0.6 is 11.3 Å². The van der Waals surface area contributed by atoms with Crippen molar-refractivity contribution in [2.75, 3.05) is 13.1 Å². The quantitative estimate of drug-likeness (QED) is 0.141. The Balaban J connectivity index is 1.22. The van der Waals surface area contributed by atoms with E-state index in [1.54, 1.807) is 47.8 Å². The van der Waals surface area contributed by atoms with E-state index in [4.69, 9.17) is 20.6 Å². The monoisotopic (exact) mass is 629 g/mol. The van der Waals surface area contributed by atoms with Crippen LogP contribution in [0.15, 0.2) is 90.3 Å². The van der Waals surface area contributed by atoms with Gasteiger partial charge in [-0.15, -0.1) is 11.3 Å². The van der Waals surface area contributed by atoms with Crippen LogP contribution in [0.4, 0.5) is 4.39 Å². The van der Waals surface area contributed by atoms with Crippen molar-refractivity contribution in [3.63, 3.8) is 0 Å². The number of ether oxygens (including phenoxy) is 2. The molecule has 232 valence electrons. The Morgan fingerprint density at radius 1 is 1.00 bits per heavy atom. The number of halogens is 1.